The summed E-state index contributed by atoms with van der Waals surface area (Å²) in [7, 11) is 0. The van der Waals surface area contributed by atoms with Gasteiger partial charge in [0.15, 0.2) is 0 Å². The van der Waals surface area contributed by atoms with Crippen molar-refractivity contribution >= 4 is 11.9 Å². The quantitative estimate of drug-likeness (QED) is 0.578. The maximum Gasteiger partial charge on any atom is 0.347 e. The maximum atomic E-state index is 11.7. The monoisotopic (exact) mass is 221 g/mol. The molecule has 0 atom stereocenters. The second kappa shape index (κ2) is 5.39. The Morgan fingerprint density at radius 1 is 1.44 bits per heavy atom. The summed E-state index contributed by atoms with van der Waals surface area (Å²) in [6.07, 6.45) is 2.24. The Bertz CT molecular complexity index is 399. The molecule has 0 aromatic carbocycles. The van der Waals surface area contributed by atoms with E-state index in [1.54, 1.807) is 32.2 Å². The van der Waals surface area contributed by atoms with Crippen molar-refractivity contribution < 1.29 is 14.3 Å². The number of esters is 2. The zero-order chi connectivity index (χ0) is 12.1. The molecule has 0 bridgehead atoms. The number of hydrogen-bond donors (Lipinski definition) is 0. The van der Waals surface area contributed by atoms with Gasteiger partial charge < -0.3 is 4.74 Å². The highest BCUT2D eigenvalue weighted by molar-refractivity contribution is 5.97. The second-order valence-corrected chi connectivity index (χ2v) is 3.71. The van der Waals surface area contributed by atoms with Gasteiger partial charge in [0.1, 0.15) is 0 Å². The Kier molecular flexibility index (Phi) is 4.17. The molecule has 0 aliphatic heterocycles. The highest BCUT2D eigenvalue weighted by Crippen LogP contribution is 2.09. The Hall–Kier alpha value is -1.71. The highest BCUT2D eigenvalue weighted by atomic mass is 16.6. The van der Waals surface area contributed by atoms with E-state index in [2.05, 4.69) is 4.98 Å². The molecule has 1 aromatic heterocycles. The molecule has 0 N–H and O–H groups in total. The van der Waals surface area contributed by atoms with Gasteiger partial charge in [-0.2, -0.15) is 0 Å². The van der Waals surface area contributed by atoms with Crippen molar-refractivity contribution in [3.05, 3.63) is 29.6 Å². The van der Waals surface area contributed by atoms with E-state index < -0.39 is 11.9 Å². The molecule has 0 unspecified atom stereocenters. The van der Waals surface area contributed by atoms with Gasteiger partial charge >= 0.3 is 11.9 Å². The molecule has 4 nitrogen and oxygen atoms in total. The zero-order valence-electron chi connectivity index (χ0n) is 9.69. The van der Waals surface area contributed by atoms with Gasteiger partial charge in [0.25, 0.3) is 0 Å². The summed E-state index contributed by atoms with van der Waals surface area (Å²) in [6.45, 7) is 5.25. The number of carbonyl (C=O) groups is 2. The molecule has 0 fully saturated rings. The third-order valence-electron chi connectivity index (χ3n) is 2.11. The molecule has 0 spiro atoms. The fourth-order valence-corrected chi connectivity index (χ4v) is 1.17. The SMILES string of the molecule is CCc1ncccc1C(=O)OC(=O)C(C)C. The summed E-state index contributed by atoms with van der Waals surface area (Å²) in [5.41, 5.74) is 1.00. The van der Waals surface area contributed by atoms with Gasteiger partial charge in [-0.25, -0.2) is 4.79 Å². The average Bonchev–Trinajstić information content (AvgIpc) is 2.28. The highest BCUT2D eigenvalue weighted by Gasteiger charge is 2.18. The topological polar surface area (TPSA) is 56.3 Å². The van der Waals surface area contributed by atoms with E-state index in [0.717, 1.165) is 0 Å². The lowest BCUT2D eigenvalue weighted by Gasteiger charge is -2.07. The van der Waals surface area contributed by atoms with Crippen molar-refractivity contribution in [3.8, 4) is 0 Å². The smallest absolute Gasteiger partial charge is 0.347 e. The first-order valence-corrected chi connectivity index (χ1v) is 5.26. The second-order valence-electron chi connectivity index (χ2n) is 3.71. The van der Waals surface area contributed by atoms with Crippen molar-refractivity contribution in [2.24, 2.45) is 5.92 Å². The molecular formula is C12H15NO3. The van der Waals surface area contributed by atoms with Gasteiger partial charge in [0.2, 0.25) is 0 Å². The van der Waals surface area contributed by atoms with E-state index in [1.807, 2.05) is 6.92 Å². The minimum Gasteiger partial charge on any atom is -0.389 e. The first-order chi connectivity index (χ1) is 7.56. The molecule has 0 aliphatic carbocycles. The van der Waals surface area contributed by atoms with Crippen molar-refractivity contribution in [2.45, 2.75) is 27.2 Å². The molecule has 0 aliphatic rings. The molecular weight excluding hydrogens is 206 g/mol. The third-order valence-corrected chi connectivity index (χ3v) is 2.11. The van der Waals surface area contributed by atoms with Gasteiger partial charge in [-0.05, 0) is 18.6 Å². The molecule has 0 amide bonds. The molecule has 1 heterocycles. The van der Waals surface area contributed by atoms with E-state index in [0.29, 0.717) is 17.7 Å². The number of nitrogens with zero attached hydrogens (tertiary/aromatic N) is 1. The number of rotatable bonds is 3. The number of aryl methyl sites for hydroxylation is 1. The largest absolute Gasteiger partial charge is 0.389 e. The Labute approximate surface area is 94.6 Å². The minimum absolute atomic E-state index is 0.314. The molecule has 1 aromatic rings. The van der Waals surface area contributed by atoms with Gasteiger partial charge in [0.05, 0.1) is 17.2 Å². The third kappa shape index (κ3) is 2.89. The number of aromatic nitrogens is 1. The van der Waals surface area contributed by atoms with Gasteiger partial charge in [-0.15, -0.1) is 0 Å². The van der Waals surface area contributed by atoms with E-state index in [9.17, 15) is 9.59 Å². The summed E-state index contributed by atoms with van der Waals surface area (Å²) >= 11 is 0. The number of hydrogen-bond acceptors (Lipinski definition) is 4. The van der Waals surface area contributed by atoms with Crippen molar-refractivity contribution in [1.29, 1.82) is 0 Å². The summed E-state index contributed by atoms with van der Waals surface area (Å²) in [4.78, 5) is 27.0. The summed E-state index contributed by atoms with van der Waals surface area (Å²) in [5, 5.41) is 0. The Morgan fingerprint density at radius 2 is 2.12 bits per heavy atom. The summed E-state index contributed by atoms with van der Waals surface area (Å²) in [5.74, 6) is -1.45. The molecule has 1 rings (SSSR count). The Morgan fingerprint density at radius 3 is 2.69 bits per heavy atom. The first kappa shape index (κ1) is 12.4. The summed E-state index contributed by atoms with van der Waals surface area (Å²) < 4.78 is 4.72. The van der Waals surface area contributed by atoms with Crippen LogP contribution in [0.2, 0.25) is 0 Å². The lowest BCUT2D eigenvalue weighted by atomic mass is 10.1. The number of pyridine rings is 1. The van der Waals surface area contributed by atoms with Crippen molar-refractivity contribution in [3.63, 3.8) is 0 Å². The van der Waals surface area contributed by atoms with Crippen LogP contribution in [0.15, 0.2) is 18.3 Å². The molecule has 0 saturated heterocycles. The summed E-state index contributed by atoms with van der Waals surface area (Å²) in [6, 6.07) is 3.26. The Balaban J connectivity index is 2.84. The van der Waals surface area contributed by atoms with Crippen LogP contribution in [0.4, 0.5) is 0 Å². The predicted octanol–water partition coefficient (Wildman–Crippen LogP) is 1.98. The van der Waals surface area contributed by atoms with Crippen LogP contribution in [-0.4, -0.2) is 16.9 Å². The predicted molar refractivity (Wildman–Crippen MR) is 58.9 cm³/mol. The normalized spacial score (nSPS) is 10.2. The van der Waals surface area contributed by atoms with E-state index in [-0.39, 0.29) is 5.92 Å². The fraction of sp³-hybridized carbons (Fsp3) is 0.417. The number of ether oxygens (including phenoxy) is 1. The van der Waals surface area contributed by atoms with Crippen LogP contribution in [0.3, 0.4) is 0 Å². The average molecular weight is 221 g/mol. The molecule has 86 valence electrons. The van der Waals surface area contributed by atoms with Crippen molar-refractivity contribution in [2.75, 3.05) is 0 Å². The standard InChI is InChI=1S/C12H15NO3/c1-4-10-9(6-5-7-13-10)12(15)16-11(14)8(2)3/h5-8H,4H2,1-3H3. The van der Waals surface area contributed by atoms with Crippen LogP contribution in [-0.2, 0) is 16.0 Å². The van der Waals surface area contributed by atoms with Crippen molar-refractivity contribution in [1.82, 2.24) is 4.98 Å². The zero-order valence-corrected chi connectivity index (χ0v) is 9.69. The lowest BCUT2D eigenvalue weighted by molar-refractivity contribution is -0.141. The lowest BCUT2D eigenvalue weighted by Crippen LogP contribution is -2.18. The van der Waals surface area contributed by atoms with E-state index in [4.69, 9.17) is 4.74 Å². The van der Waals surface area contributed by atoms with Crippen LogP contribution in [0, 0.1) is 5.92 Å². The van der Waals surface area contributed by atoms with Gasteiger partial charge in [-0.1, -0.05) is 20.8 Å². The minimum atomic E-state index is -0.622. The van der Waals surface area contributed by atoms with Gasteiger partial charge in [0, 0.05) is 6.20 Å². The molecule has 4 heteroatoms. The molecule has 0 saturated carbocycles. The van der Waals surface area contributed by atoms with Crippen LogP contribution >= 0.6 is 0 Å². The van der Waals surface area contributed by atoms with E-state index >= 15 is 0 Å². The van der Waals surface area contributed by atoms with Crippen LogP contribution in [0.5, 0.6) is 0 Å². The molecule has 16 heavy (non-hydrogen) atoms. The maximum absolute atomic E-state index is 11.7. The molecule has 0 radical (unpaired) electrons. The first-order valence-electron chi connectivity index (χ1n) is 5.26. The fourth-order valence-electron chi connectivity index (χ4n) is 1.17. The van der Waals surface area contributed by atoms with E-state index in [1.165, 1.54) is 0 Å². The van der Waals surface area contributed by atoms with Crippen LogP contribution in [0.1, 0.15) is 36.8 Å². The van der Waals surface area contributed by atoms with Crippen LogP contribution in [0.25, 0.3) is 0 Å². The number of carbonyl (C=O) groups excluding carboxylic acids is 2. The van der Waals surface area contributed by atoms with Gasteiger partial charge in [-0.3, -0.25) is 9.78 Å². The van der Waals surface area contributed by atoms with Crippen LogP contribution < -0.4 is 0 Å².